The van der Waals surface area contributed by atoms with Gasteiger partial charge in [0.05, 0.1) is 18.2 Å². The second-order valence-electron chi connectivity index (χ2n) is 5.78. The highest BCUT2D eigenvalue weighted by Crippen LogP contribution is 2.30. The molecule has 1 atom stereocenters. The lowest BCUT2D eigenvalue weighted by molar-refractivity contribution is -0.0332. The van der Waals surface area contributed by atoms with E-state index in [4.69, 9.17) is 4.74 Å². The molecule has 1 aliphatic carbocycles. The van der Waals surface area contributed by atoms with Gasteiger partial charge in [-0.2, -0.15) is 0 Å². The summed E-state index contributed by atoms with van der Waals surface area (Å²) in [4.78, 5) is 20.9. The minimum absolute atomic E-state index is 0.0509. The lowest BCUT2D eigenvalue weighted by atomic mass is 10.2. The number of thiazole rings is 1. The normalized spacial score (nSPS) is 23.8. The van der Waals surface area contributed by atoms with E-state index in [1.54, 1.807) is 5.51 Å². The van der Waals surface area contributed by atoms with Crippen LogP contribution in [0, 0.1) is 5.92 Å². The summed E-state index contributed by atoms with van der Waals surface area (Å²) in [7, 11) is 2.10. The third-order valence-corrected chi connectivity index (χ3v) is 4.47. The average molecular weight is 295 g/mol. The number of aromatic nitrogens is 1. The predicted molar refractivity (Wildman–Crippen MR) is 78.0 cm³/mol. The molecule has 1 saturated heterocycles. The van der Waals surface area contributed by atoms with Gasteiger partial charge in [0.25, 0.3) is 5.91 Å². The molecule has 0 aromatic carbocycles. The standard InChI is InChI=1S/C14H21N3O2S/c1-16-4-5-19-12(7-16)8-17(6-11-2-3-11)14(18)13-9-20-10-15-13/h9-12H,2-8H2,1H3. The Morgan fingerprint density at radius 2 is 2.40 bits per heavy atom. The van der Waals surface area contributed by atoms with Crippen molar-refractivity contribution in [2.75, 3.05) is 39.8 Å². The molecule has 1 aliphatic heterocycles. The minimum atomic E-state index is 0.0509. The zero-order valence-corrected chi connectivity index (χ0v) is 12.6. The van der Waals surface area contributed by atoms with E-state index in [0.29, 0.717) is 18.2 Å². The van der Waals surface area contributed by atoms with Crippen LogP contribution in [0.2, 0.25) is 0 Å². The van der Waals surface area contributed by atoms with E-state index in [-0.39, 0.29) is 12.0 Å². The summed E-state index contributed by atoms with van der Waals surface area (Å²) in [6, 6.07) is 0. The van der Waals surface area contributed by atoms with Crippen molar-refractivity contribution >= 4 is 17.2 Å². The molecular formula is C14H21N3O2S. The Balaban J connectivity index is 1.64. The Labute approximate surface area is 123 Å². The van der Waals surface area contributed by atoms with Crippen LogP contribution in [0.1, 0.15) is 23.3 Å². The first kappa shape index (κ1) is 14.0. The van der Waals surface area contributed by atoms with Crippen molar-refractivity contribution in [1.82, 2.24) is 14.8 Å². The molecule has 0 bridgehead atoms. The fourth-order valence-corrected chi connectivity index (χ4v) is 3.08. The van der Waals surface area contributed by atoms with Gasteiger partial charge in [-0.15, -0.1) is 11.3 Å². The molecule has 20 heavy (non-hydrogen) atoms. The van der Waals surface area contributed by atoms with Gasteiger partial charge in [-0.25, -0.2) is 4.98 Å². The van der Waals surface area contributed by atoms with Crippen molar-refractivity contribution in [2.45, 2.75) is 18.9 Å². The van der Waals surface area contributed by atoms with Crippen LogP contribution in [0.15, 0.2) is 10.9 Å². The highest BCUT2D eigenvalue weighted by atomic mass is 32.1. The van der Waals surface area contributed by atoms with Gasteiger partial charge >= 0.3 is 0 Å². The van der Waals surface area contributed by atoms with Crippen LogP contribution in [0.5, 0.6) is 0 Å². The molecule has 1 saturated carbocycles. The first-order valence-electron chi connectivity index (χ1n) is 7.20. The fraction of sp³-hybridized carbons (Fsp3) is 0.714. The Bertz CT molecular complexity index is 447. The molecule has 0 spiro atoms. The molecule has 110 valence electrons. The smallest absolute Gasteiger partial charge is 0.273 e. The summed E-state index contributed by atoms with van der Waals surface area (Å²) in [6.45, 7) is 4.14. The molecule has 1 aromatic rings. The number of likely N-dealkylation sites (N-methyl/N-ethyl adjacent to an activating group) is 1. The maximum Gasteiger partial charge on any atom is 0.273 e. The Morgan fingerprint density at radius 1 is 1.55 bits per heavy atom. The molecular weight excluding hydrogens is 274 g/mol. The maximum absolute atomic E-state index is 12.5. The number of hydrogen-bond donors (Lipinski definition) is 0. The number of carbonyl (C=O) groups is 1. The third-order valence-electron chi connectivity index (χ3n) is 3.88. The van der Waals surface area contributed by atoms with Crippen LogP contribution >= 0.6 is 11.3 Å². The second-order valence-corrected chi connectivity index (χ2v) is 6.50. The van der Waals surface area contributed by atoms with Crippen LogP contribution < -0.4 is 0 Å². The first-order valence-corrected chi connectivity index (χ1v) is 8.14. The molecule has 6 heteroatoms. The number of rotatable bonds is 5. The van der Waals surface area contributed by atoms with Crippen molar-refractivity contribution < 1.29 is 9.53 Å². The highest BCUT2D eigenvalue weighted by molar-refractivity contribution is 7.07. The van der Waals surface area contributed by atoms with Crippen LogP contribution in [-0.2, 0) is 4.74 Å². The Morgan fingerprint density at radius 3 is 3.05 bits per heavy atom. The lowest BCUT2D eigenvalue weighted by Crippen LogP contribution is -2.48. The van der Waals surface area contributed by atoms with E-state index >= 15 is 0 Å². The SMILES string of the molecule is CN1CCOC(CN(CC2CC2)C(=O)c2cscn2)C1. The number of amides is 1. The number of hydrogen-bond acceptors (Lipinski definition) is 5. The van der Waals surface area contributed by atoms with Gasteiger partial charge in [-0.1, -0.05) is 0 Å². The summed E-state index contributed by atoms with van der Waals surface area (Å²) in [5.74, 6) is 0.730. The number of carbonyl (C=O) groups excluding carboxylic acids is 1. The van der Waals surface area contributed by atoms with E-state index < -0.39 is 0 Å². The van der Waals surface area contributed by atoms with E-state index in [1.165, 1.54) is 24.2 Å². The molecule has 1 aromatic heterocycles. The van der Waals surface area contributed by atoms with E-state index in [0.717, 1.165) is 26.2 Å². The van der Waals surface area contributed by atoms with E-state index in [9.17, 15) is 4.79 Å². The van der Waals surface area contributed by atoms with Gasteiger partial charge in [-0.3, -0.25) is 4.79 Å². The van der Waals surface area contributed by atoms with Gasteiger partial charge in [0.2, 0.25) is 0 Å². The van der Waals surface area contributed by atoms with Gasteiger partial charge in [0, 0.05) is 31.6 Å². The number of morpholine rings is 1. The van der Waals surface area contributed by atoms with Crippen molar-refractivity contribution in [3.8, 4) is 0 Å². The summed E-state index contributed by atoms with van der Waals surface area (Å²) < 4.78 is 5.79. The number of ether oxygens (including phenoxy) is 1. The summed E-state index contributed by atoms with van der Waals surface area (Å²) in [5.41, 5.74) is 2.28. The van der Waals surface area contributed by atoms with Crippen molar-refractivity contribution in [3.63, 3.8) is 0 Å². The van der Waals surface area contributed by atoms with Crippen molar-refractivity contribution in [1.29, 1.82) is 0 Å². The molecule has 1 unspecified atom stereocenters. The minimum Gasteiger partial charge on any atom is -0.374 e. The molecule has 5 nitrogen and oxygen atoms in total. The van der Waals surface area contributed by atoms with E-state index in [2.05, 4.69) is 16.9 Å². The van der Waals surface area contributed by atoms with Crippen LogP contribution in [0.25, 0.3) is 0 Å². The van der Waals surface area contributed by atoms with Crippen LogP contribution in [-0.4, -0.2) is 66.6 Å². The first-order chi connectivity index (χ1) is 9.72. The molecule has 2 heterocycles. The van der Waals surface area contributed by atoms with Crippen LogP contribution in [0.3, 0.4) is 0 Å². The molecule has 1 amide bonds. The predicted octanol–water partition coefficient (Wildman–Crippen LogP) is 1.33. The van der Waals surface area contributed by atoms with Crippen LogP contribution in [0.4, 0.5) is 0 Å². The Kier molecular flexibility index (Phi) is 4.33. The fourth-order valence-electron chi connectivity index (χ4n) is 2.56. The van der Waals surface area contributed by atoms with Crippen molar-refractivity contribution in [2.24, 2.45) is 5.92 Å². The monoisotopic (exact) mass is 295 g/mol. The topological polar surface area (TPSA) is 45.7 Å². The summed E-state index contributed by atoms with van der Waals surface area (Å²) >= 11 is 1.47. The maximum atomic E-state index is 12.5. The van der Waals surface area contributed by atoms with E-state index in [1.807, 2.05) is 10.3 Å². The molecule has 3 rings (SSSR count). The molecule has 0 radical (unpaired) electrons. The Hall–Kier alpha value is -0.980. The van der Waals surface area contributed by atoms with Gasteiger partial charge in [-0.05, 0) is 25.8 Å². The van der Waals surface area contributed by atoms with Crippen molar-refractivity contribution in [3.05, 3.63) is 16.6 Å². The molecule has 0 N–H and O–H groups in total. The lowest BCUT2D eigenvalue weighted by Gasteiger charge is -2.33. The van der Waals surface area contributed by atoms with Gasteiger partial charge in [0.15, 0.2) is 0 Å². The molecule has 2 aliphatic rings. The van der Waals surface area contributed by atoms with Gasteiger partial charge < -0.3 is 14.5 Å². The highest BCUT2D eigenvalue weighted by Gasteiger charge is 2.30. The largest absolute Gasteiger partial charge is 0.374 e. The van der Waals surface area contributed by atoms with Gasteiger partial charge in [0.1, 0.15) is 5.69 Å². The molecule has 2 fully saturated rings. The zero-order valence-electron chi connectivity index (χ0n) is 11.8. The second kappa shape index (κ2) is 6.20. The quantitative estimate of drug-likeness (QED) is 0.822. The average Bonchev–Trinajstić information content (AvgIpc) is 3.08. The zero-order chi connectivity index (χ0) is 13.9. The number of nitrogens with zero attached hydrogens (tertiary/aromatic N) is 3. The summed E-state index contributed by atoms with van der Waals surface area (Å²) in [5, 5.41) is 1.83. The third kappa shape index (κ3) is 3.56. The summed E-state index contributed by atoms with van der Waals surface area (Å²) in [6.07, 6.45) is 2.61.